The summed E-state index contributed by atoms with van der Waals surface area (Å²) in [5.74, 6) is 0.718. The zero-order valence-electron chi connectivity index (χ0n) is 16.7. The largest absolute Gasteiger partial charge is 0.493 e. The lowest BCUT2D eigenvalue weighted by Crippen LogP contribution is -2.45. The maximum atomic E-state index is 13.1. The van der Waals surface area contributed by atoms with Crippen LogP contribution in [-0.4, -0.2) is 20.6 Å². The van der Waals surface area contributed by atoms with Crippen molar-refractivity contribution in [1.82, 2.24) is 4.72 Å². The molecule has 4 nitrogen and oxygen atoms in total. The minimum atomic E-state index is -3.66. The van der Waals surface area contributed by atoms with Crippen LogP contribution in [0.4, 0.5) is 0 Å². The third-order valence-electron chi connectivity index (χ3n) is 3.98. The Morgan fingerprint density at radius 3 is 2.15 bits per heavy atom. The van der Waals surface area contributed by atoms with Gasteiger partial charge in [0.25, 0.3) is 0 Å². The number of fused-ring (bicyclic) bond motifs is 1. The van der Waals surface area contributed by atoms with Crippen LogP contribution in [0.2, 0.25) is 0 Å². The molecule has 0 radical (unpaired) electrons. The summed E-state index contributed by atoms with van der Waals surface area (Å²) in [7, 11) is -3.66. The fraction of sp³-hybridized carbons (Fsp3) is 0.524. The summed E-state index contributed by atoms with van der Waals surface area (Å²) in [5.41, 5.74) is -0.526. The highest BCUT2D eigenvalue weighted by Crippen LogP contribution is 2.33. The van der Waals surface area contributed by atoms with E-state index in [1.165, 1.54) is 0 Å². The average molecular weight is 378 g/mol. The number of hydrogen-bond acceptors (Lipinski definition) is 3. The molecule has 0 aliphatic carbocycles. The predicted octanol–water partition coefficient (Wildman–Crippen LogP) is 5.12. The number of hydrogen-bond donors (Lipinski definition) is 1. The first-order valence-corrected chi connectivity index (χ1v) is 10.6. The van der Waals surface area contributed by atoms with Gasteiger partial charge in [0.15, 0.2) is 0 Å². The molecule has 0 amide bonds. The van der Waals surface area contributed by atoms with Gasteiger partial charge in [0, 0.05) is 16.3 Å². The number of sulfonamides is 1. The van der Waals surface area contributed by atoms with Crippen LogP contribution in [0.15, 0.2) is 41.3 Å². The van der Waals surface area contributed by atoms with E-state index in [1.807, 2.05) is 45.0 Å². The van der Waals surface area contributed by atoms with Crippen molar-refractivity contribution >= 4 is 20.8 Å². The third-order valence-corrected chi connectivity index (χ3v) is 5.73. The van der Waals surface area contributed by atoms with Gasteiger partial charge in [0.1, 0.15) is 5.75 Å². The normalized spacial score (nSPS) is 13.2. The molecule has 0 aliphatic heterocycles. The van der Waals surface area contributed by atoms with Crippen LogP contribution in [0, 0.1) is 5.41 Å². The van der Waals surface area contributed by atoms with Crippen molar-refractivity contribution in [3.05, 3.63) is 36.4 Å². The van der Waals surface area contributed by atoms with Crippen molar-refractivity contribution in [3.8, 4) is 5.75 Å². The highest BCUT2D eigenvalue weighted by atomic mass is 32.2. The minimum Gasteiger partial charge on any atom is -0.493 e. The Morgan fingerprint density at radius 2 is 1.58 bits per heavy atom. The maximum Gasteiger partial charge on any atom is 0.241 e. The molecule has 144 valence electrons. The van der Waals surface area contributed by atoms with Crippen LogP contribution in [0.3, 0.4) is 0 Å². The monoisotopic (exact) mass is 377 g/mol. The summed E-state index contributed by atoms with van der Waals surface area (Å²) in [6.45, 7) is 12.8. The zero-order valence-corrected chi connectivity index (χ0v) is 17.5. The Labute approximate surface area is 158 Å². The highest BCUT2D eigenvalue weighted by Gasteiger charge is 2.31. The van der Waals surface area contributed by atoms with E-state index in [4.69, 9.17) is 4.74 Å². The van der Waals surface area contributed by atoms with Gasteiger partial charge < -0.3 is 4.74 Å². The summed E-state index contributed by atoms with van der Waals surface area (Å²) in [4.78, 5) is 0.291. The Bertz CT molecular complexity index is 864. The molecule has 0 atom stereocenters. The van der Waals surface area contributed by atoms with Gasteiger partial charge in [0.2, 0.25) is 10.0 Å². The van der Waals surface area contributed by atoms with E-state index in [2.05, 4.69) is 25.5 Å². The molecule has 1 N–H and O–H groups in total. The maximum absolute atomic E-state index is 13.1. The number of rotatable bonds is 7. The first-order valence-electron chi connectivity index (χ1n) is 9.14. The van der Waals surface area contributed by atoms with Crippen molar-refractivity contribution < 1.29 is 13.2 Å². The van der Waals surface area contributed by atoms with E-state index in [0.717, 1.165) is 24.0 Å². The Hall–Kier alpha value is -1.59. The molecule has 2 aromatic rings. The second kappa shape index (κ2) is 7.57. The van der Waals surface area contributed by atoms with Gasteiger partial charge in [-0.15, -0.1) is 0 Å². The van der Waals surface area contributed by atoms with E-state index in [-0.39, 0.29) is 5.41 Å². The van der Waals surface area contributed by atoms with E-state index in [9.17, 15) is 8.42 Å². The molecule has 5 heteroatoms. The van der Waals surface area contributed by atoms with E-state index >= 15 is 0 Å². The van der Waals surface area contributed by atoms with Crippen molar-refractivity contribution in [2.45, 2.75) is 64.8 Å². The zero-order chi connectivity index (χ0) is 19.6. The van der Waals surface area contributed by atoms with E-state index in [0.29, 0.717) is 16.9 Å². The standard InChI is InChI=1S/C21H31NO3S/c1-7-14-25-18-12-13-19(17-11-9-8-10-16(17)18)26(23,24)22-21(5,6)15-20(2,3)4/h8-13,22H,7,14-15H2,1-6H3. The van der Waals surface area contributed by atoms with Crippen LogP contribution in [-0.2, 0) is 10.0 Å². The average Bonchev–Trinajstić information content (AvgIpc) is 2.48. The van der Waals surface area contributed by atoms with Gasteiger partial charge in [-0.2, -0.15) is 0 Å². The smallest absolute Gasteiger partial charge is 0.241 e. The van der Waals surface area contributed by atoms with Gasteiger partial charge in [-0.1, -0.05) is 52.0 Å². The molecular formula is C21H31NO3S. The molecule has 0 heterocycles. The van der Waals surface area contributed by atoms with Gasteiger partial charge in [0.05, 0.1) is 11.5 Å². The minimum absolute atomic E-state index is 0.0198. The summed E-state index contributed by atoms with van der Waals surface area (Å²) < 4.78 is 34.9. The molecule has 0 fully saturated rings. The van der Waals surface area contributed by atoms with Gasteiger partial charge >= 0.3 is 0 Å². The molecule has 0 aliphatic rings. The Kier molecular flexibility index (Phi) is 6.03. The van der Waals surface area contributed by atoms with E-state index < -0.39 is 15.6 Å². The van der Waals surface area contributed by atoms with Crippen molar-refractivity contribution in [3.63, 3.8) is 0 Å². The Balaban J connectivity index is 2.46. The fourth-order valence-corrected chi connectivity index (χ4v) is 5.22. The molecule has 2 rings (SSSR count). The van der Waals surface area contributed by atoms with Gasteiger partial charge in [-0.3, -0.25) is 0 Å². The fourth-order valence-electron chi connectivity index (χ4n) is 3.60. The van der Waals surface area contributed by atoms with E-state index in [1.54, 1.807) is 12.1 Å². The molecule has 0 saturated carbocycles. The number of benzene rings is 2. The van der Waals surface area contributed by atoms with Crippen molar-refractivity contribution in [2.75, 3.05) is 6.61 Å². The third kappa shape index (κ3) is 5.21. The Morgan fingerprint density at radius 1 is 0.962 bits per heavy atom. The molecule has 0 saturated heterocycles. The molecule has 26 heavy (non-hydrogen) atoms. The lowest BCUT2D eigenvalue weighted by molar-refractivity contribution is 0.269. The van der Waals surface area contributed by atoms with Crippen LogP contribution in [0.1, 0.15) is 54.4 Å². The van der Waals surface area contributed by atoms with Crippen LogP contribution >= 0.6 is 0 Å². The SMILES string of the molecule is CCCOc1ccc(S(=O)(=O)NC(C)(C)CC(C)(C)C)c2ccccc12. The molecule has 2 aromatic carbocycles. The van der Waals surface area contributed by atoms with Crippen molar-refractivity contribution in [1.29, 1.82) is 0 Å². The van der Waals surface area contributed by atoms with Gasteiger partial charge in [-0.25, -0.2) is 13.1 Å². The van der Waals surface area contributed by atoms with Gasteiger partial charge in [-0.05, 0) is 44.2 Å². The first-order chi connectivity index (χ1) is 12.0. The quantitative estimate of drug-likeness (QED) is 0.728. The predicted molar refractivity (Wildman–Crippen MR) is 108 cm³/mol. The van der Waals surface area contributed by atoms with Crippen molar-refractivity contribution in [2.24, 2.45) is 5.41 Å². The molecule has 0 aromatic heterocycles. The summed E-state index contributed by atoms with van der Waals surface area (Å²) in [5, 5.41) is 1.50. The lowest BCUT2D eigenvalue weighted by atomic mass is 9.82. The first kappa shape index (κ1) is 20.7. The number of ether oxygens (including phenoxy) is 1. The summed E-state index contributed by atoms with van der Waals surface area (Å²) in [6.07, 6.45) is 1.63. The second-order valence-corrected chi connectivity index (χ2v) is 10.3. The number of nitrogens with one attached hydrogen (secondary N) is 1. The van der Waals surface area contributed by atoms with Crippen LogP contribution in [0.5, 0.6) is 5.75 Å². The molecular weight excluding hydrogens is 346 g/mol. The molecule has 0 spiro atoms. The summed E-state index contributed by atoms with van der Waals surface area (Å²) >= 11 is 0. The molecule has 0 unspecified atom stereocenters. The van der Waals surface area contributed by atoms with Crippen LogP contribution in [0.25, 0.3) is 10.8 Å². The second-order valence-electron chi connectivity index (χ2n) is 8.68. The lowest BCUT2D eigenvalue weighted by Gasteiger charge is -2.33. The van der Waals surface area contributed by atoms with Crippen LogP contribution < -0.4 is 9.46 Å². The topological polar surface area (TPSA) is 55.4 Å². The highest BCUT2D eigenvalue weighted by molar-refractivity contribution is 7.89. The summed E-state index contributed by atoms with van der Waals surface area (Å²) in [6, 6.07) is 10.9. The molecule has 0 bridgehead atoms.